The van der Waals surface area contributed by atoms with Crippen molar-refractivity contribution in [3.63, 3.8) is 0 Å². The molecule has 0 saturated carbocycles. The molecule has 0 bridgehead atoms. The number of amides is 2. The number of thiophene rings is 1. The molecule has 0 spiro atoms. The molecule has 1 aromatic heterocycles. The van der Waals surface area contributed by atoms with E-state index in [0.717, 1.165) is 8.66 Å². The van der Waals surface area contributed by atoms with Crippen molar-refractivity contribution in [2.75, 3.05) is 5.32 Å². The molecule has 0 radical (unpaired) electrons. The van der Waals surface area contributed by atoms with E-state index in [2.05, 4.69) is 31.8 Å². The molecule has 1 heterocycles. The molecule has 2 aromatic rings. The Balaban J connectivity index is 1.74. The molecule has 9 heteroatoms. The predicted octanol–water partition coefficient (Wildman–Crippen LogP) is 4.69. The van der Waals surface area contributed by atoms with Crippen LogP contribution < -0.4 is 10.7 Å². The summed E-state index contributed by atoms with van der Waals surface area (Å²) in [4.78, 5) is 24.4. The molecule has 24 heavy (non-hydrogen) atoms. The van der Waals surface area contributed by atoms with Crippen molar-refractivity contribution in [1.82, 2.24) is 5.43 Å². The van der Waals surface area contributed by atoms with Gasteiger partial charge in [-0.1, -0.05) is 23.2 Å². The number of hydrogen-bond donors (Lipinski definition) is 2. The van der Waals surface area contributed by atoms with Gasteiger partial charge >= 0.3 is 0 Å². The van der Waals surface area contributed by atoms with E-state index in [9.17, 15) is 9.59 Å². The fourth-order valence-electron chi connectivity index (χ4n) is 1.65. The lowest BCUT2D eigenvalue weighted by Crippen LogP contribution is -2.20. The van der Waals surface area contributed by atoms with E-state index in [-0.39, 0.29) is 24.7 Å². The molecule has 0 aliphatic heterocycles. The molecule has 0 aliphatic carbocycles. The number of anilines is 1. The summed E-state index contributed by atoms with van der Waals surface area (Å²) in [6.07, 6.45) is 1.58. The monoisotopic (exact) mass is 447 g/mol. The van der Waals surface area contributed by atoms with E-state index in [1.54, 1.807) is 18.3 Å². The zero-order valence-electron chi connectivity index (χ0n) is 12.2. The first-order valence-electron chi connectivity index (χ1n) is 6.76. The van der Waals surface area contributed by atoms with Crippen molar-refractivity contribution in [2.45, 2.75) is 12.8 Å². The van der Waals surface area contributed by atoms with Gasteiger partial charge in [-0.15, -0.1) is 11.3 Å². The van der Waals surface area contributed by atoms with E-state index >= 15 is 0 Å². The molecular formula is C15H12BrCl2N3O2S. The van der Waals surface area contributed by atoms with Crippen molar-refractivity contribution in [3.8, 4) is 0 Å². The van der Waals surface area contributed by atoms with E-state index in [0.29, 0.717) is 15.7 Å². The van der Waals surface area contributed by atoms with Gasteiger partial charge in [0.2, 0.25) is 11.8 Å². The lowest BCUT2D eigenvalue weighted by molar-refractivity contribution is -0.124. The first-order valence-corrected chi connectivity index (χ1v) is 9.13. The zero-order valence-corrected chi connectivity index (χ0v) is 16.1. The van der Waals surface area contributed by atoms with Gasteiger partial charge in [-0.2, -0.15) is 5.10 Å². The van der Waals surface area contributed by atoms with Gasteiger partial charge in [-0.25, -0.2) is 5.43 Å². The van der Waals surface area contributed by atoms with Crippen molar-refractivity contribution < 1.29 is 9.59 Å². The molecule has 5 nitrogen and oxygen atoms in total. The SMILES string of the molecule is O=C(CCC(=O)Nc1ccc(Cl)cc1Cl)N/N=C/c1ccc(Br)s1. The van der Waals surface area contributed by atoms with Crippen LogP contribution in [0.3, 0.4) is 0 Å². The zero-order chi connectivity index (χ0) is 17.5. The van der Waals surface area contributed by atoms with Gasteiger partial charge in [0.25, 0.3) is 0 Å². The van der Waals surface area contributed by atoms with Gasteiger partial charge in [0.15, 0.2) is 0 Å². The third-order valence-electron chi connectivity index (χ3n) is 2.76. The highest BCUT2D eigenvalue weighted by molar-refractivity contribution is 9.11. The standard InChI is InChI=1S/C15H12BrCl2N3O2S/c16-13-4-2-10(24-13)8-19-21-15(23)6-5-14(22)20-12-3-1-9(17)7-11(12)18/h1-4,7-8H,5-6H2,(H,20,22)(H,21,23)/b19-8+. The number of carbonyl (C=O) groups excluding carboxylic acids is 2. The van der Waals surface area contributed by atoms with Crippen LogP contribution in [0.2, 0.25) is 10.0 Å². The maximum absolute atomic E-state index is 11.8. The molecule has 0 aliphatic rings. The molecule has 2 amide bonds. The average molecular weight is 449 g/mol. The highest BCUT2D eigenvalue weighted by Gasteiger charge is 2.09. The predicted molar refractivity (Wildman–Crippen MR) is 102 cm³/mol. The summed E-state index contributed by atoms with van der Waals surface area (Å²) in [5, 5.41) is 7.28. The van der Waals surface area contributed by atoms with E-state index in [1.807, 2.05) is 12.1 Å². The quantitative estimate of drug-likeness (QED) is 0.497. The first kappa shape index (κ1) is 18.9. The van der Waals surface area contributed by atoms with Gasteiger partial charge in [-0.05, 0) is 46.3 Å². The summed E-state index contributed by atoms with van der Waals surface area (Å²) in [6, 6.07) is 8.51. The summed E-state index contributed by atoms with van der Waals surface area (Å²) in [7, 11) is 0. The van der Waals surface area contributed by atoms with E-state index in [4.69, 9.17) is 23.2 Å². The summed E-state index contributed by atoms with van der Waals surface area (Å²) in [5.41, 5.74) is 2.83. The Kier molecular flexibility index (Phi) is 7.23. The number of carbonyl (C=O) groups is 2. The lowest BCUT2D eigenvalue weighted by Gasteiger charge is -2.07. The normalized spacial score (nSPS) is 10.8. The van der Waals surface area contributed by atoms with Crippen molar-refractivity contribution in [2.24, 2.45) is 5.10 Å². The number of nitrogens with zero attached hydrogens (tertiary/aromatic N) is 1. The maximum Gasteiger partial charge on any atom is 0.240 e. The third-order valence-corrected chi connectivity index (χ3v) is 4.87. The van der Waals surface area contributed by atoms with Crippen LogP contribution in [0.4, 0.5) is 5.69 Å². The average Bonchev–Trinajstić information content (AvgIpc) is 2.93. The lowest BCUT2D eigenvalue weighted by atomic mass is 10.2. The Hall–Kier alpha value is -1.41. The highest BCUT2D eigenvalue weighted by Crippen LogP contribution is 2.25. The Morgan fingerprint density at radius 2 is 1.92 bits per heavy atom. The molecule has 0 unspecified atom stereocenters. The second kappa shape index (κ2) is 9.17. The van der Waals surface area contributed by atoms with Crippen LogP contribution in [0.1, 0.15) is 17.7 Å². The van der Waals surface area contributed by atoms with Crippen LogP contribution in [0.15, 0.2) is 39.2 Å². The second-order valence-electron chi connectivity index (χ2n) is 4.61. The Morgan fingerprint density at radius 3 is 2.58 bits per heavy atom. The molecular weight excluding hydrogens is 437 g/mol. The molecule has 1 aromatic carbocycles. The number of halogens is 3. The van der Waals surface area contributed by atoms with Crippen LogP contribution in [0.5, 0.6) is 0 Å². The van der Waals surface area contributed by atoms with Gasteiger partial charge in [0, 0.05) is 22.7 Å². The van der Waals surface area contributed by atoms with Crippen LogP contribution >= 0.6 is 50.5 Å². The third kappa shape index (κ3) is 6.24. The smallest absolute Gasteiger partial charge is 0.240 e. The summed E-state index contributed by atoms with van der Waals surface area (Å²) >= 11 is 16.6. The number of nitrogens with one attached hydrogen (secondary N) is 2. The van der Waals surface area contributed by atoms with Crippen LogP contribution in [-0.4, -0.2) is 18.0 Å². The van der Waals surface area contributed by atoms with Crippen molar-refractivity contribution in [3.05, 3.63) is 49.0 Å². The molecule has 0 saturated heterocycles. The minimum atomic E-state index is -0.348. The van der Waals surface area contributed by atoms with Crippen LogP contribution in [-0.2, 0) is 9.59 Å². The number of hydrazone groups is 1. The largest absolute Gasteiger partial charge is 0.325 e. The minimum Gasteiger partial charge on any atom is -0.325 e. The molecule has 2 rings (SSSR count). The van der Waals surface area contributed by atoms with Gasteiger partial charge in [0.1, 0.15) is 0 Å². The van der Waals surface area contributed by atoms with Crippen molar-refractivity contribution >= 4 is 74.2 Å². The number of hydrogen-bond acceptors (Lipinski definition) is 4. The van der Waals surface area contributed by atoms with Gasteiger partial charge in [0.05, 0.1) is 20.7 Å². The Bertz CT molecular complexity index is 780. The van der Waals surface area contributed by atoms with E-state index in [1.165, 1.54) is 17.4 Å². The number of benzene rings is 1. The maximum atomic E-state index is 11.8. The summed E-state index contributed by atoms with van der Waals surface area (Å²) in [6.45, 7) is 0. The molecule has 2 N–H and O–H groups in total. The highest BCUT2D eigenvalue weighted by atomic mass is 79.9. The summed E-state index contributed by atoms with van der Waals surface area (Å²) < 4.78 is 0.979. The topological polar surface area (TPSA) is 70.6 Å². The molecule has 0 fully saturated rings. The first-order chi connectivity index (χ1) is 11.4. The van der Waals surface area contributed by atoms with Gasteiger partial charge < -0.3 is 5.32 Å². The number of rotatable bonds is 6. The minimum absolute atomic E-state index is 0.0164. The molecule has 0 atom stereocenters. The summed E-state index contributed by atoms with van der Waals surface area (Å²) in [5.74, 6) is -0.667. The van der Waals surface area contributed by atoms with Crippen LogP contribution in [0, 0.1) is 0 Å². The fourth-order valence-corrected chi connectivity index (χ4v) is 3.40. The second-order valence-corrected chi connectivity index (χ2v) is 7.95. The van der Waals surface area contributed by atoms with Crippen LogP contribution in [0.25, 0.3) is 0 Å². The van der Waals surface area contributed by atoms with E-state index < -0.39 is 0 Å². The van der Waals surface area contributed by atoms with Crippen molar-refractivity contribution in [1.29, 1.82) is 0 Å². The van der Waals surface area contributed by atoms with Gasteiger partial charge in [-0.3, -0.25) is 9.59 Å². The fraction of sp³-hybridized carbons (Fsp3) is 0.133. The molecule has 126 valence electrons. The Labute approximate surface area is 161 Å². The Morgan fingerprint density at radius 1 is 1.17 bits per heavy atom.